The van der Waals surface area contributed by atoms with Crippen LogP contribution in [-0.2, 0) is 0 Å². The summed E-state index contributed by atoms with van der Waals surface area (Å²) in [5.74, 6) is 0. The predicted octanol–water partition coefficient (Wildman–Crippen LogP) is 1.28. The summed E-state index contributed by atoms with van der Waals surface area (Å²) in [7, 11) is 0. The molecule has 0 aromatic heterocycles. The third-order valence-corrected chi connectivity index (χ3v) is 2.97. The first-order valence-corrected chi connectivity index (χ1v) is 5.54. The van der Waals surface area contributed by atoms with Gasteiger partial charge in [-0.1, -0.05) is 12.1 Å². The van der Waals surface area contributed by atoms with Gasteiger partial charge in [-0.3, -0.25) is 0 Å². The van der Waals surface area contributed by atoms with Crippen LogP contribution >= 0.6 is 0 Å². The highest BCUT2D eigenvalue weighted by Gasteiger charge is 2.12. The smallest absolute Gasteiger partial charge is 0.0912 e. The zero-order chi connectivity index (χ0) is 10.7. The fourth-order valence-electron chi connectivity index (χ4n) is 2.02. The Hall–Kier alpha value is -1.06. The van der Waals surface area contributed by atoms with Crippen LogP contribution in [0.5, 0.6) is 0 Å². The number of rotatable bonds is 3. The van der Waals surface area contributed by atoms with Gasteiger partial charge in [0.05, 0.1) is 6.10 Å². The van der Waals surface area contributed by atoms with Crippen molar-refractivity contribution in [2.24, 2.45) is 5.73 Å². The highest BCUT2D eigenvalue weighted by Crippen LogP contribution is 2.22. The average molecular weight is 206 g/mol. The van der Waals surface area contributed by atoms with Crippen molar-refractivity contribution >= 4 is 5.69 Å². The molecule has 0 aliphatic carbocycles. The molecule has 1 aliphatic rings. The Kier molecular flexibility index (Phi) is 3.23. The van der Waals surface area contributed by atoms with E-state index >= 15 is 0 Å². The molecule has 0 unspecified atom stereocenters. The molecule has 3 N–H and O–H groups in total. The summed E-state index contributed by atoms with van der Waals surface area (Å²) in [5.41, 5.74) is 7.56. The Morgan fingerprint density at radius 1 is 1.20 bits per heavy atom. The van der Waals surface area contributed by atoms with Gasteiger partial charge in [0.1, 0.15) is 0 Å². The fourth-order valence-corrected chi connectivity index (χ4v) is 2.02. The highest BCUT2D eigenvalue weighted by molar-refractivity contribution is 5.48. The summed E-state index contributed by atoms with van der Waals surface area (Å²) < 4.78 is 0. The maximum absolute atomic E-state index is 9.55. The molecule has 1 aromatic carbocycles. The van der Waals surface area contributed by atoms with Crippen molar-refractivity contribution in [1.82, 2.24) is 0 Å². The normalized spacial score (nSPS) is 18.1. The highest BCUT2D eigenvalue weighted by atomic mass is 16.3. The van der Waals surface area contributed by atoms with E-state index in [1.807, 2.05) is 12.1 Å². The molecule has 3 nitrogen and oxygen atoms in total. The molecule has 1 atom stereocenters. The molecule has 0 saturated carbocycles. The lowest BCUT2D eigenvalue weighted by Gasteiger charge is -2.18. The molecule has 0 amide bonds. The van der Waals surface area contributed by atoms with Gasteiger partial charge in [-0.05, 0) is 30.5 Å². The summed E-state index contributed by atoms with van der Waals surface area (Å²) in [6.45, 7) is 2.58. The molecule has 3 heteroatoms. The maximum atomic E-state index is 9.55. The standard InChI is InChI=1S/C12H18N2O/c13-9-12(15)10-3-5-11(6-4-10)14-7-1-2-8-14/h3-6,12,15H,1-2,7-9,13H2/t12-/m0/s1. The van der Waals surface area contributed by atoms with Crippen LogP contribution in [0.2, 0.25) is 0 Å². The van der Waals surface area contributed by atoms with Crippen molar-refractivity contribution in [2.75, 3.05) is 24.5 Å². The van der Waals surface area contributed by atoms with E-state index in [2.05, 4.69) is 17.0 Å². The van der Waals surface area contributed by atoms with E-state index in [9.17, 15) is 5.11 Å². The number of aliphatic hydroxyl groups is 1. The predicted molar refractivity (Wildman–Crippen MR) is 61.9 cm³/mol. The van der Waals surface area contributed by atoms with Crippen LogP contribution in [0.3, 0.4) is 0 Å². The van der Waals surface area contributed by atoms with Gasteiger partial charge in [0.25, 0.3) is 0 Å². The average Bonchev–Trinajstić information content (AvgIpc) is 2.82. The third-order valence-electron chi connectivity index (χ3n) is 2.97. The van der Waals surface area contributed by atoms with E-state index in [1.165, 1.54) is 18.5 Å². The lowest BCUT2D eigenvalue weighted by molar-refractivity contribution is 0.187. The molecule has 0 radical (unpaired) electrons. The minimum absolute atomic E-state index is 0.281. The van der Waals surface area contributed by atoms with Crippen molar-refractivity contribution in [1.29, 1.82) is 0 Å². The Balaban J connectivity index is 2.09. The third kappa shape index (κ3) is 2.30. The van der Waals surface area contributed by atoms with Crippen molar-refractivity contribution in [3.63, 3.8) is 0 Å². The van der Waals surface area contributed by atoms with E-state index in [1.54, 1.807) is 0 Å². The topological polar surface area (TPSA) is 49.5 Å². The zero-order valence-corrected chi connectivity index (χ0v) is 8.89. The molecule has 82 valence electrons. The molecular weight excluding hydrogens is 188 g/mol. The number of aliphatic hydroxyl groups excluding tert-OH is 1. The van der Waals surface area contributed by atoms with Gasteiger partial charge >= 0.3 is 0 Å². The molecular formula is C12H18N2O. The minimum Gasteiger partial charge on any atom is -0.387 e. The fraction of sp³-hybridized carbons (Fsp3) is 0.500. The van der Waals surface area contributed by atoms with Crippen LogP contribution in [0.15, 0.2) is 24.3 Å². The Labute approximate surface area is 90.5 Å². The Morgan fingerprint density at radius 2 is 1.80 bits per heavy atom. The summed E-state index contributed by atoms with van der Waals surface area (Å²) in [6.07, 6.45) is 2.04. The number of hydrogen-bond acceptors (Lipinski definition) is 3. The van der Waals surface area contributed by atoms with Gasteiger partial charge in [-0.2, -0.15) is 0 Å². The Morgan fingerprint density at radius 3 is 2.33 bits per heavy atom. The van der Waals surface area contributed by atoms with Gasteiger partial charge in [0.15, 0.2) is 0 Å². The first kappa shape index (κ1) is 10.5. The van der Waals surface area contributed by atoms with Crippen molar-refractivity contribution in [3.05, 3.63) is 29.8 Å². The molecule has 1 aliphatic heterocycles. The molecule has 1 aromatic rings. The first-order chi connectivity index (χ1) is 7.31. The molecule has 2 rings (SSSR count). The number of anilines is 1. The van der Waals surface area contributed by atoms with Crippen LogP contribution in [0, 0.1) is 0 Å². The SMILES string of the molecule is NC[C@H](O)c1ccc(N2CCCC2)cc1. The largest absolute Gasteiger partial charge is 0.387 e. The first-order valence-electron chi connectivity index (χ1n) is 5.54. The molecule has 1 fully saturated rings. The van der Waals surface area contributed by atoms with Crippen LogP contribution in [0.1, 0.15) is 24.5 Å². The number of benzene rings is 1. The van der Waals surface area contributed by atoms with Crippen LogP contribution in [-0.4, -0.2) is 24.7 Å². The second kappa shape index (κ2) is 4.64. The number of nitrogens with two attached hydrogens (primary N) is 1. The minimum atomic E-state index is -0.530. The summed E-state index contributed by atoms with van der Waals surface area (Å²) >= 11 is 0. The van der Waals surface area contributed by atoms with Crippen LogP contribution < -0.4 is 10.6 Å². The maximum Gasteiger partial charge on any atom is 0.0912 e. The molecule has 1 saturated heterocycles. The summed E-state index contributed by atoms with van der Waals surface area (Å²) in [6, 6.07) is 8.06. The quantitative estimate of drug-likeness (QED) is 0.783. The number of hydrogen-bond donors (Lipinski definition) is 2. The van der Waals surface area contributed by atoms with Gasteiger partial charge in [-0.25, -0.2) is 0 Å². The lowest BCUT2D eigenvalue weighted by atomic mass is 10.1. The molecule has 15 heavy (non-hydrogen) atoms. The van der Waals surface area contributed by atoms with E-state index in [4.69, 9.17) is 5.73 Å². The number of nitrogens with zero attached hydrogens (tertiary/aromatic N) is 1. The zero-order valence-electron chi connectivity index (χ0n) is 8.89. The lowest BCUT2D eigenvalue weighted by Crippen LogP contribution is -2.17. The monoisotopic (exact) mass is 206 g/mol. The van der Waals surface area contributed by atoms with Gasteiger partial charge < -0.3 is 15.7 Å². The second-order valence-corrected chi connectivity index (χ2v) is 4.04. The Bertz CT molecular complexity index is 304. The van der Waals surface area contributed by atoms with Gasteiger partial charge in [0.2, 0.25) is 0 Å². The second-order valence-electron chi connectivity index (χ2n) is 4.04. The molecule has 0 bridgehead atoms. The van der Waals surface area contributed by atoms with E-state index in [0.29, 0.717) is 0 Å². The van der Waals surface area contributed by atoms with Crippen molar-refractivity contribution < 1.29 is 5.11 Å². The summed E-state index contributed by atoms with van der Waals surface area (Å²) in [4.78, 5) is 2.37. The van der Waals surface area contributed by atoms with Crippen LogP contribution in [0.4, 0.5) is 5.69 Å². The van der Waals surface area contributed by atoms with E-state index in [0.717, 1.165) is 18.7 Å². The summed E-state index contributed by atoms with van der Waals surface area (Å²) in [5, 5.41) is 9.55. The van der Waals surface area contributed by atoms with E-state index in [-0.39, 0.29) is 6.54 Å². The van der Waals surface area contributed by atoms with E-state index < -0.39 is 6.10 Å². The van der Waals surface area contributed by atoms with Gasteiger partial charge in [0, 0.05) is 25.3 Å². The van der Waals surface area contributed by atoms with Crippen molar-refractivity contribution in [2.45, 2.75) is 18.9 Å². The van der Waals surface area contributed by atoms with Crippen LogP contribution in [0.25, 0.3) is 0 Å². The van der Waals surface area contributed by atoms with Gasteiger partial charge in [-0.15, -0.1) is 0 Å². The molecule has 1 heterocycles. The molecule has 0 spiro atoms. The van der Waals surface area contributed by atoms with Crippen molar-refractivity contribution in [3.8, 4) is 0 Å².